The van der Waals surface area contributed by atoms with Gasteiger partial charge < -0.3 is 15.8 Å². The second-order valence-corrected chi connectivity index (χ2v) is 4.33. The first-order valence-electron chi connectivity index (χ1n) is 4.93. The minimum absolute atomic E-state index is 0.0202. The van der Waals surface area contributed by atoms with Crippen LogP contribution in [0.2, 0.25) is 0 Å². The summed E-state index contributed by atoms with van der Waals surface area (Å²) in [5.41, 5.74) is 5.38. The maximum absolute atomic E-state index is 13.7. The fourth-order valence-electron chi connectivity index (χ4n) is 1.29. The van der Waals surface area contributed by atoms with E-state index in [-0.39, 0.29) is 17.9 Å². The number of rotatable bonds is 5. The standard InChI is InChI=1S/C11H11BrFN3O2/c1-18-5-10(11(15)17)16-9-3-7(12)6(4-14)2-8(9)13/h2-3,10,16H,5H2,1H3,(H2,15,17). The summed E-state index contributed by atoms with van der Waals surface area (Å²) in [6, 6.07) is 3.43. The minimum Gasteiger partial charge on any atom is -0.382 e. The maximum atomic E-state index is 13.7. The van der Waals surface area contributed by atoms with Crippen molar-refractivity contribution in [1.82, 2.24) is 0 Å². The number of anilines is 1. The van der Waals surface area contributed by atoms with Crippen molar-refractivity contribution in [1.29, 1.82) is 5.26 Å². The first kappa shape index (κ1) is 14.4. The van der Waals surface area contributed by atoms with E-state index in [1.54, 1.807) is 0 Å². The number of benzene rings is 1. The fraction of sp³-hybridized carbons (Fsp3) is 0.273. The van der Waals surface area contributed by atoms with E-state index in [1.165, 1.54) is 13.2 Å². The molecule has 7 heteroatoms. The molecule has 18 heavy (non-hydrogen) atoms. The zero-order valence-corrected chi connectivity index (χ0v) is 11.1. The van der Waals surface area contributed by atoms with Gasteiger partial charge in [0.05, 0.1) is 17.9 Å². The molecule has 1 atom stereocenters. The van der Waals surface area contributed by atoms with Crippen molar-refractivity contribution >= 4 is 27.5 Å². The van der Waals surface area contributed by atoms with Crippen LogP contribution in [0.3, 0.4) is 0 Å². The van der Waals surface area contributed by atoms with Gasteiger partial charge in [0.2, 0.25) is 5.91 Å². The third kappa shape index (κ3) is 3.42. The van der Waals surface area contributed by atoms with E-state index >= 15 is 0 Å². The second kappa shape index (κ2) is 6.33. The molecule has 0 fully saturated rings. The largest absolute Gasteiger partial charge is 0.382 e. The van der Waals surface area contributed by atoms with Crippen LogP contribution in [0.15, 0.2) is 16.6 Å². The first-order chi connectivity index (χ1) is 8.49. The molecule has 0 saturated carbocycles. The number of carbonyl (C=O) groups is 1. The Balaban J connectivity index is 3.00. The fourth-order valence-corrected chi connectivity index (χ4v) is 1.72. The quantitative estimate of drug-likeness (QED) is 0.859. The van der Waals surface area contributed by atoms with Crippen molar-refractivity contribution in [2.75, 3.05) is 19.0 Å². The summed E-state index contributed by atoms with van der Waals surface area (Å²) in [4.78, 5) is 11.1. The first-order valence-corrected chi connectivity index (χ1v) is 5.72. The van der Waals surface area contributed by atoms with E-state index in [4.69, 9.17) is 15.7 Å². The molecule has 1 aromatic rings. The number of nitriles is 1. The minimum atomic E-state index is -0.843. The zero-order chi connectivity index (χ0) is 13.7. The number of nitrogens with zero attached hydrogens (tertiary/aromatic N) is 1. The molecule has 0 aromatic heterocycles. The van der Waals surface area contributed by atoms with Gasteiger partial charge in [-0.25, -0.2) is 4.39 Å². The lowest BCUT2D eigenvalue weighted by atomic mass is 10.2. The highest BCUT2D eigenvalue weighted by Crippen LogP contribution is 2.24. The third-order valence-electron chi connectivity index (χ3n) is 2.18. The van der Waals surface area contributed by atoms with Gasteiger partial charge in [-0.1, -0.05) is 0 Å². The highest BCUT2D eigenvalue weighted by molar-refractivity contribution is 9.10. The Kier molecular flexibility index (Phi) is 5.07. The van der Waals surface area contributed by atoms with Crippen molar-refractivity contribution in [3.05, 3.63) is 28.0 Å². The summed E-state index contributed by atoms with van der Waals surface area (Å²) in [5, 5.41) is 11.4. The Morgan fingerprint density at radius 2 is 2.39 bits per heavy atom. The molecule has 96 valence electrons. The summed E-state index contributed by atoms with van der Waals surface area (Å²) >= 11 is 3.13. The van der Waals surface area contributed by atoms with E-state index in [2.05, 4.69) is 21.2 Å². The monoisotopic (exact) mass is 315 g/mol. The molecule has 0 aliphatic heterocycles. The van der Waals surface area contributed by atoms with E-state index in [1.807, 2.05) is 6.07 Å². The predicted molar refractivity (Wildman–Crippen MR) is 67.3 cm³/mol. The Bertz CT molecular complexity index is 502. The van der Waals surface area contributed by atoms with Crippen molar-refractivity contribution in [3.63, 3.8) is 0 Å². The van der Waals surface area contributed by atoms with Crippen LogP contribution in [0.5, 0.6) is 0 Å². The van der Waals surface area contributed by atoms with Crippen LogP contribution in [-0.2, 0) is 9.53 Å². The molecule has 0 saturated heterocycles. The van der Waals surface area contributed by atoms with E-state index in [9.17, 15) is 9.18 Å². The lowest BCUT2D eigenvalue weighted by Crippen LogP contribution is -2.39. The Labute approximate surface area is 112 Å². The molecule has 1 amide bonds. The summed E-state index contributed by atoms with van der Waals surface area (Å²) in [7, 11) is 1.41. The number of hydrogen-bond acceptors (Lipinski definition) is 4. The van der Waals surface area contributed by atoms with Crippen LogP contribution in [0.4, 0.5) is 10.1 Å². The van der Waals surface area contributed by atoms with Gasteiger partial charge >= 0.3 is 0 Å². The molecule has 1 rings (SSSR count). The summed E-state index contributed by atoms with van der Waals surface area (Å²) in [6.07, 6.45) is 0. The highest BCUT2D eigenvalue weighted by atomic mass is 79.9. The maximum Gasteiger partial charge on any atom is 0.242 e. The molecule has 0 spiro atoms. The van der Waals surface area contributed by atoms with E-state index in [0.29, 0.717) is 4.47 Å². The number of methoxy groups -OCH3 is 1. The SMILES string of the molecule is COCC(Nc1cc(Br)c(C#N)cc1F)C(N)=O. The third-order valence-corrected chi connectivity index (χ3v) is 2.84. The van der Waals surface area contributed by atoms with Crippen molar-refractivity contribution in [3.8, 4) is 6.07 Å². The number of ether oxygens (including phenoxy) is 1. The lowest BCUT2D eigenvalue weighted by molar-refractivity contribution is -0.119. The van der Waals surface area contributed by atoms with Crippen molar-refractivity contribution in [2.45, 2.75) is 6.04 Å². The average molecular weight is 316 g/mol. The average Bonchev–Trinajstić information content (AvgIpc) is 2.32. The number of primary amides is 1. The van der Waals surface area contributed by atoms with Gasteiger partial charge in [0.25, 0.3) is 0 Å². The van der Waals surface area contributed by atoms with Crippen molar-refractivity contribution in [2.24, 2.45) is 5.73 Å². The van der Waals surface area contributed by atoms with Crippen LogP contribution in [0.1, 0.15) is 5.56 Å². The van der Waals surface area contributed by atoms with Gasteiger partial charge in [-0.05, 0) is 28.1 Å². The molecular formula is C11H11BrFN3O2. The molecule has 0 bridgehead atoms. The molecule has 0 aliphatic rings. The summed E-state index contributed by atoms with van der Waals surface area (Å²) in [6.45, 7) is 0.0202. The molecule has 0 heterocycles. The number of hydrogen-bond donors (Lipinski definition) is 2. The molecular weight excluding hydrogens is 305 g/mol. The summed E-state index contributed by atoms with van der Waals surface area (Å²) in [5.74, 6) is -1.30. The van der Waals surface area contributed by atoms with E-state index < -0.39 is 17.8 Å². The van der Waals surface area contributed by atoms with Gasteiger partial charge in [0.1, 0.15) is 17.9 Å². The Morgan fingerprint density at radius 1 is 1.72 bits per heavy atom. The lowest BCUT2D eigenvalue weighted by Gasteiger charge is -2.16. The second-order valence-electron chi connectivity index (χ2n) is 3.48. The van der Waals surface area contributed by atoms with Crippen LogP contribution in [-0.4, -0.2) is 25.7 Å². The van der Waals surface area contributed by atoms with Crippen molar-refractivity contribution < 1.29 is 13.9 Å². The number of nitrogens with one attached hydrogen (secondary N) is 1. The smallest absolute Gasteiger partial charge is 0.242 e. The molecule has 3 N–H and O–H groups in total. The van der Waals surface area contributed by atoms with Gasteiger partial charge in [-0.3, -0.25) is 4.79 Å². The predicted octanol–water partition coefficient (Wildman–Crippen LogP) is 1.37. The van der Waals surface area contributed by atoms with Crippen LogP contribution >= 0.6 is 15.9 Å². The van der Waals surface area contributed by atoms with E-state index in [0.717, 1.165) is 6.07 Å². The highest BCUT2D eigenvalue weighted by Gasteiger charge is 2.17. The normalized spacial score (nSPS) is 11.7. The zero-order valence-electron chi connectivity index (χ0n) is 9.54. The number of carbonyl (C=O) groups excluding carboxylic acids is 1. The molecule has 0 radical (unpaired) electrons. The van der Waals surface area contributed by atoms with Gasteiger partial charge in [0, 0.05) is 11.6 Å². The van der Waals surface area contributed by atoms with Crippen LogP contribution in [0.25, 0.3) is 0 Å². The molecule has 1 aromatic carbocycles. The number of amides is 1. The van der Waals surface area contributed by atoms with Gasteiger partial charge in [-0.2, -0.15) is 5.26 Å². The summed E-state index contributed by atoms with van der Waals surface area (Å²) < 4.78 is 18.9. The molecule has 0 aliphatic carbocycles. The van der Waals surface area contributed by atoms with Crippen LogP contribution in [0, 0.1) is 17.1 Å². The Hall–Kier alpha value is -1.65. The van der Waals surface area contributed by atoms with Crippen LogP contribution < -0.4 is 11.1 Å². The number of nitrogens with two attached hydrogens (primary N) is 1. The topological polar surface area (TPSA) is 88.1 Å². The Morgan fingerprint density at radius 3 is 2.89 bits per heavy atom. The molecule has 5 nitrogen and oxygen atoms in total. The molecule has 1 unspecified atom stereocenters. The number of halogens is 2. The van der Waals surface area contributed by atoms with Gasteiger partial charge in [-0.15, -0.1) is 0 Å². The van der Waals surface area contributed by atoms with Gasteiger partial charge in [0.15, 0.2) is 0 Å².